The monoisotopic (exact) mass is 320 g/mol. The molecular formula is C19H16N2O3. The number of hydrogen-bond donors (Lipinski definition) is 1. The highest BCUT2D eigenvalue weighted by Crippen LogP contribution is 2.20. The minimum absolute atomic E-state index is 0.143. The van der Waals surface area contributed by atoms with Gasteiger partial charge in [0.15, 0.2) is 5.70 Å². The van der Waals surface area contributed by atoms with Gasteiger partial charge in [-0.05, 0) is 42.8 Å². The molecule has 2 aromatic rings. The fraction of sp³-hybridized carbons (Fsp3) is 0.105. The van der Waals surface area contributed by atoms with Crippen molar-refractivity contribution in [3.63, 3.8) is 0 Å². The Labute approximate surface area is 139 Å². The minimum atomic E-state index is -0.475. The summed E-state index contributed by atoms with van der Waals surface area (Å²) < 4.78 is 5.24. The quantitative estimate of drug-likeness (QED) is 0.697. The summed E-state index contributed by atoms with van der Waals surface area (Å²) in [5.41, 5.74) is 3.61. The number of aryl methyl sites for hydroxylation is 1. The lowest BCUT2D eigenvalue weighted by Gasteiger charge is -2.03. The molecule has 0 saturated carbocycles. The first-order chi connectivity index (χ1) is 11.5. The van der Waals surface area contributed by atoms with Crippen LogP contribution in [0.3, 0.4) is 0 Å². The first kappa shape index (κ1) is 15.7. The molecule has 0 radical (unpaired) electrons. The largest absolute Gasteiger partial charge is 0.402 e. The van der Waals surface area contributed by atoms with E-state index in [1.165, 1.54) is 6.92 Å². The van der Waals surface area contributed by atoms with Crippen molar-refractivity contribution < 1.29 is 14.3 Å². The van der Waals surface area contributed by atoms with Crippen molar-refractivity contribution >= 4 is 29.5 Å². The number of amides is 1. The van der Waals surface area contributed by atoms with Crippen molar-refractivity contribution in [2.75, 3.05) is 5.32 Å². The van der Waals surface area contributed by atoms with E-state index in [2.05, 4.69) is 10.3 Å². The summed E-state index contributed by atoms with van der Waals surface area (Å²) in [6.07, 6.45) is 1.70. The van der Waals surface area contributed by atoms with E-state index >= 15 is 0 Å². The van der Waals surface area contributed by atoms with Gasteiger partial charge in [0.2, 0.25) is 11.8 Å². The van der Waals surface area contributed by atoms with Crippen LogP contribution < -0.4 is 5.32 Å². The molecule has 0 aliphatic carbocycles. The van der Waals surface area contributed by atoms with Gasteiger partial charge in [-0.3, -0.25) is 4.79 Å². The van der Waals surface area contributed by atoms with Crippen LogP contribution in [0, 0.1) is 6.92 Å². The maximum atomic E-state index is 12.0. The van der Waals surface area contributed by atoms with E-state index in [4.69, 9.17) is 4.74 Å². The number of hydrogen-bond acceptors (Lipinski definition) is 4. The lowest BCUT2D eigenvalue weighted by atomic mass is 10.1. The lowest BCUT2D eigenvalue weighted by molar-refractivity contribution is -0.129. The number of cyclic esters (lactones) is 1. The third kappa shape index (κ3) is 3.57. The second kappa shape index (κ2) is 6.50. The van der Waals surface area contributed by atoms with Crippen LogP contribution in [0.1, 0.15) is 23.6 Å². The van der Waals surface area contributed by atoms with Gasteiger partial charge < -0.3 is 10.1 Å². The number of carbonyl (C=O) groups is 2. The number of nitrogens with one attached hydrogen (secondary N) is 1. The highest BCUT2D eigenvalue weighted by atomic mass is 16.6. The summed E-state index contributed by atoms with van der Waals surface area (Å²) in [5, 5.41) is 2.68. The molecule has 3 rings (SSSR count). The van der Waals surface area contributed by atoms with Crippen molar-refractivity contribution in [2.45, 2.75) is 13.8 Å². The molecule has 0 bridgehead atoms. The second-order valence-electron chi connectivity index (χ2n) is 5.51. The molecule has 1 aliphatic heterocycles. The van der Waals surface area contributed by atoms with Crippen molar-refractivity contribution in [3.8, 4) is 0 Å². The van der Waals surface area contributed by atoms with Gasteiger partial charge in [0, 0.05) is 18.2 Å². The van der Waals surface area contributed by atoms with Crippen LogP contribution in [-0.4, -0.2) is 17.8 Å². The predicted molar refractivity (Wildman–Crippen MR) is 92.5 cm³/mol. The molecule has 5 heteroatoms. The fourth-order valence-electron chi connectivity index (χ4n) is 2.35. The van der Waals surface area contributed by atoms with E-state index in [1.54, 1.807) is 30.3 Å². The second-order valence-corrected chi connectivity index (χ2v) is 5.51. The molecule has 1 heterocycles. The van der Waals surface area contributed by atoms with Crippen LogP contribution in [0.5, 0.6) is 0 Å². The van der Waals surface area contributed by atoms with Crippen molar-refractivity contribution in [1.29, 1.82) is 0 Å². The summed E-state index contributed by atoms with van der Waals surface area (Å²) in [6.45, 7) is 3.43. The Bertz CT molecular complexity index is 864. The highest BCUT2D eigenvalue weighted by Gasteiger charge is 2.24. The molecule has 120 valence electrons. The topological polar surface area (TPSA) is 67.8 Å². The molecular weight excluding hydrogens is 304 g/mol. The zero-order valence-electron chi connectivity index (χ0n) is 13.4. The van der Waals surface area contributed by atoms with Crippen LogP contribution in [0.15, 0.2) is 59.2 Å². The Morgan fingerprint density at radius 2 is 1.92 bits per heavy atom. The highest BCUT2D eigenvalue weighted by molar-refractivity contribution is 6.13. The molecule has 1 amide bonds. The maximum Gasteiger partial charge on any atom is 0.363 e. The first-order valence-electron chi connectivity index (χ1n) is 7.48. The van der Waals surface area contributed by atoms with E-state index < -0.39 is 5.97 Å². The molecule has 0 saturated heterocycles. The maximum absolute atomic E-state index is 12.0. The van der Waals surface area contributed by atoms with E-state index in [-0.39, 0.29) is 17.5 Å². The number of aliphatic imine (C=N–C) groups is 1. The summed E-state index contributed by atoms with van der Waals surface area (Å²) in [5.74, 6) is -0.360. The third-order valence-corrected chi connectivity index (χ3v) is 3.42. The molecule has 5 nitrogen and oxygen atoms in total. The smallest absolute Gasteiger partial charge is 0.363 e. The first-order valence-corrected chi connectivity index (χ1v) is 7.48. The van der Waals surface area contributed by atoms with Crippen LogP contribution in [-0.2, 0) is 14.3 Å². The van der Waals surface area contributed by atoms with Crippen molar-refractivity contribution in [2.24, 2.45) is 4.99 Å². The molecule has 2 aromatic carbocycles. The van der Waals surface area contributed by atoms with Gasteiger partial charge >= 0.3 is 5.97 Å². The van der Waals surface area contributed by atoms with Crippen molar-refractivity contribution in [1.82, 2.24) is 0 Å². The normalized spacial score (nSPS) is 15.2. The number of anilines is 1. The Morgan fingerprint density at radius 3 is 2.58 bits per heavy atom. The molecule has 24 heavy (non-hydrogen) atoms. The van der Waals surface area contributed by atoms with Gasteiger partial charge in [-0.15, -0.1) is 0 Å². The molecule has 0 unspecified atom stereocenters. The van der Waals surface area contributed by atoms with Gasteiger partial charge in [0.1, 0.15) is 0 Å². The molecule has 0 fully saturated rings. The van der Waals surface area contributed by atoms with E-state index in [0.717, 1.165) is 11.1 Å². The van der Waals surface area contributed by atoms with Gasteiger partial charge in [0.05, 0.1) is 0 Å². The number of rotatable bonds is 3. The van der Waals surface area contributed by atoms with Gasteiger partial charge in [0.25, 0.3) is 0 Å². The van der Waals surface area contributed by atoms with E-state index in [0.29, 0.717) is 11.3 Å². The molecule has 0 atom stereocenters. The lowest BCUT2D eigenvalue weighted by Crippen LogP contribution is -2.07. The van der Waals surface area contributed by atoms with Crippen LogP contribution in [0.4, 0.5) is 5.69 Å². The van der Waals surface area contributed by atoms with Crippen LogP contribution >= 0.6 is 0 Å². The molecule has 0 aromatic heterocycles. The Morgan fingerprint density at radius 1 is 1.17 bits per heavy atom. The van der Waals surface area contributed by atoms with E-state index in [9.17, 15) is 9.59 Å². The Kier molecular flexibility index (Phi) is 4.24. The Hall–Kier alpha value is -3.21. The average molecular weight is 320 g/mol. The zero-order valence-corrected chi connectivity index (χ0v) is 13.4. The summed E-state index contributed by atoms with van der Waals surface area (Å²) in [6, 6.07) is 14.7. The van der Waals surface area contributed by atoms with Gasteiger partial charge in [-0.25, -0.2) is 9.79 Å². The summed E-state index contributed by atoms with van der Waals surface area (Å²) in [4.78, 5) is 27.3. The summed E-state index contributed by atoms with van der Waals surface area (Å²) in [7, 11) is 0. The number of nitrogens with zero attached hydrogens (tertiary/aromatic N) is 1. The number of benzene rings is 2. The van der Waals surface area contributed by atoms with Gasteiger partial charge in [-0.2, -0.15) is 0 Å². The minimum Gasteiger partial charge on any atom is -0.402 e. The Balaban J connectivity index is 1.85. The molecule has 0 spiro atoms. The predicted octanol–water partition coefficient (Wildman–Crippen LogP) is 3.30. The van der Waals surface area contributed by atoms with E-state index in [1.807, 2.05) is 31.2 Å². The third-order valence-electron chi connectivity index (χ3n) is 3.42. The average Bonchev–Trinajstić information content (AvgIpc) is 2.88. The van der Waals surface area contributed by atoms with Gasteiger partial charge in [-0.1, -0.05) is 29.8 Å². The molecule has 1 aliphatic rings. The van der Waals surface area contributed by atoms with Crippen LogP contribution in [0.2, 0.25) is 0 Å². The van der Waals surface area contributed by atoms with Crippen molar-refractivity contribution in [3.05, 3.63) is 70.9 Å². The number of esters is 1. The SMILES string of the molecule is CC(=O)Nc1ccc(C2=N/C(=C\c3cccc(C)c3)C(=O)O2)cc1. The standard InChI is InChI=1S/C19H16N2O3/c1-12-4-3-5-14(10-12)11-17-19(23)24-18(21-17)15-6-8-16(9-7-15)20-13(2)22/h3-11H,1-2H3,(H,20,22)/b17-11-. The fourth-order valence-corrected chi connectivity index (χ4v) is 2.35. The summed E-state index contributed by atoms with van der Waals surface area (Å²) >= 11 is 0. The number of ether oxygens (including phenoxy) is 1. The zero-order chi connectivity index (χ0) is 17.1. The number of carbonyl (C=O) groups excluding carboxylic acids is 2. The molecule has 1 N–H and O–H groups in total. The van der Waals surface area contributed by atoms with Crippen LogP contribution in [0.25, 0.3) is 6.08 Å².